The van der Waals surface area contributed by atoms with Crippen LogP contribution in [0.15, 0.2) is 18.2 Å². The molecule has 0 aromatic heterocycles. The molecule has 0 amide bonds. The molecule has 0 aliphatic rings. The van der Waals surface area contributed by atoms with E-state index in [2.05, 4.69) is 59.7 Å². The molecule has 0 radical (unpaired) electrons. The highest BCUT2D eigenvalue weighted by molar-refractivity contribution is 5.42. The van der Waals surface area contributed by atoms with Gasteiger partial charge in [0.2, 0.25) is 0 Å². The van der Waals surface area contributed by atoms with E-state index < -0.39 is 0 Å². The summed E-state index contributed by atoms with van der Waals surface area (Å²) in [5.74, 6) is 2.20. The van der Waals surface area contributed by atoms with Crippen molar-refractivity contribution in [1.82, 2.24) is 0 Å². The molecule has 0 fully saturated rings. The molecule has 2 N–H and O–H groups in total. The average molecular weight is 320 g/mol. The maximum absolute atomic E-state index is 6.08. The highest BCUT2D eigenvalue weighted by atomic mass is 16.5. The van der Waals surface area contributed by atoms with Crippen LogP contribution < -0.4 is 10.5 Å². The molecule has 2 heteroatoms. The molecule has 0 bridgehead atoms. The predicted octanol–water partition coefficient (Wildman–Crippen LogP) is 5.64. The largest absolute Gasteiger partial charge is 0.493 e. The molecule has 1 aromatic carbocycles. The first-order valence-electron chi connectivity index (χ1n) is 9.26. The van der Waals surface area contributed by atoms with E-state index in [1.165, 1.54) is 30.4 Å². The second kappa shape index (κ2) is 9.32. The van der Waals surface area contributed by atoms with E-state index in [1.807, 2.05) is 0 Å². The van der Waals surface area contributed by atoms with Crippen molar-refractivity contribution in [2.24, 2.45) is 11.7 Å². The Labute approximate surface area is 143 Å². The molecule has 1 rings (SSSR count). The Kier molecular flexibility index (Phi) is 8.11. The summed E-state index contributed by atoms with van der Waals surface area (Å²) in [4.78, 5) is 0. The Morgan fingerprint density at radius 3 is 2.35 bits per heavy atom. The van der Waals surface area contributed by atoms with Crippen LogP contribution in [0.5, 0.6) is 5.75 Å². The Morgan fingerprint density at radius 2 is 1.83 bits per heavy atom. The molecule has 0 aliphatic carbocycles. The molecule has 0 heterocycles. The van der Waals surface area contributed by atoms with Crippen LogP contribution in [0.2, 0.25) is 0 Å². The van der Waals surface area contributed by atoms with Crippen LogP contribution in [-0.4, -0.2) is 13.2 Å². The Morgan fingerprint density at radius 1 is 1.13 bits per heavy atom. The van der Waals surface area contributed by atoms with Crippen molar-refractivity contribution in [3.05, 3.63) is 29.3 Å². The summed E-state index contributed by atoms with van der Waals surface area (Å²) in [6, 6.07) is 6.83. The fourth-order valence-electron chi connectivity index (χ4n) is 2.96. The minimum atomic E-state index is 0.0902. The molecule has 0 saturated heterocycles. The van der Waals surface area contributed by atoms with Crippen LogP contribution >= 0.6 is 0 Å². The molecule has 0 aliphatic heterocycles. The van der Waals surface area contributed by atoms with E-state index >= 15 is 0 Å². The normalized spacial score (nSPS) is 13.4. The van der Waals surface area contributed by atoms with Gasteiger partial charge in [-0.05, 0) is 60.3 Å². The van der Waals surface area contributed by atoms with Crippen LogP contribution in [0.25, 0.3) is 0 Å². The van der Waals surface area contributed by atoms with E-state index in [0.717, 1.165) is 25.3 Å². The highest BCUT2D eigenvalue weighted by Gasteiger charge is 2.22. The van der Waals surface area contributed by atoms with Gasteiger partial charge >= 0.3 is 0 Å². The van der Waals surface area contributed by atoms with Gasteiger partial charge in [0.25, 0.3) is 0 Å². The van der Waals surface area contributed by atoms with Gasteiger partial charge in [-0.15, -0.1) is 0 Å². The third kappa shape index (κ3) is 6.55. The van der Waals surface area contributed by atoms with Gasteiger partial charge in [0.15, 0.2) is 0 Å². The third-order valence-corrected chi connectivity index (χ3v) is 4.25. The van der Waals surface area contributed by atoms with Crippen molar-refractivity contribution in [2.75, 3.05) is 13.2 Å². The Bertz CT molecular complexity index is 459. The second-order valence-corrected chi connectivity index (χ2v) is 8.13. The zero-order valence-electron chi connectivity index (χ0n) is 16.1. The third-order valence-electron chi connectivity index (χ3n) is 4.25. The van der Waals surface area contributed by atoms with Crippen LogP contribution in [0.1, 0.15) is 84.3 Å². The number of rotatable bonds is 9. The quantitative estimate of drug-likeness (QED) is 0.639. The van der Waals surface area contributed by atoms with Crippen LogP contribution in [0.4, 0.5) is 0 Å². The number of benzene rings is 1. The van der Waals surface area contributed by atoms with Gasteiger partial charge < -0.3 is 10.5 Å². The van der Waals surface area contributed by atoms with Crippen LogP contribution in [0, 0.1) is 5.92 Å². The van der Waals surface area contributed by atoms with Crippen molar-refractivity contribution in [3.63, 3.8) is 0 Å². The summed E-state index contributed by atoms with van der Waals surface area (Å²) >= 11 is 0. The van der Waals surface area contributed by atoms with Gasteiger partial charge in [0, 0.05) is 0 Å². The van der Waals surface area contributed by atoms with E-state index in [1.54, 1.807) is 0 Å². The van der Waals surface area contributed by atoms with E-state index in [4.69, 9.17) is 10.5 Å². The Balaban J connectivity index is 3.10. The lowest BCUT2D eigenvalue weighted by Gasteiger charge is -2.26. The number of nitrogens with two attached hydrogens (primary N) is 1. The molecule has 23 heavy (non-hydrogen) atoms. The average Bonchev–Trinajstić information content (AvgIpc) is 2.48. The number of hydrogen-bond acceptors (Lipinski definition) is 2. The highest BCUT2D eigenvalue weighted by Crippen LogP contribution is 2.36. The lowest BCUT2D eigenvalue weighted by atomic mass is 9.82. The molecular formula is C21H37NO. The lowest BCUT2D eigenvalue weighted by Crippen LogP contribution is -2.16. The zero-order valence-corrected chi connectivity index (χ0v) is 16.1. The molecule has 1 unspecified atom stereocenters. The fraction of sp³-hybridized carbons (Fsp3) is 0.714. The van der Waals surface area contributed by atoms with Crippen molar-refractivity contribution < 1.29 is 4.74 Å². The molecule has 0 saturated carbocycles. The molecule has 132 valence electrons. The SMILES string of the molecule is CCCC(CCCN)c1ccc(OCC(C)C)c(C(C)(C)C)c1. The maximum atomic E-state index is 6.08. The van der Waals surface area contributed by atoms with E-state index in [0.29, 0.717) is 11.8 Å². The first-order chi connectivity index (χ1) is 10.8. The van der Waals surface area contributed by atoms with Crippen molar-refractivity contribution in [3.8, 4) is 5.75 Å². The molecule has 1 aromatic rings. The summed E-state index contributed by atoms with van der Waals surface area (Å²) < 4.78 is 6.08. The van der Waals surface area contributed by atoms with Crippen molar-refractivity contribution in [1.29, 1.82) is 0 Å². The molecular weight excluding hydrogens is 282 g/mol. The fourth-order valence-corrected chi connectivity index (χ4v) is 2.96. The number of ether oxygens (including phenoxy) is 1. The van der Waals surface area contributed by atoms with E-state index in [9.17, 15) is 0 Å². The summed E-state index contributed by atoms with van der Waals surface area (Å²) in [7, 11) is 0. The van der Waals surface area contributed by atoms with Gasteiger partial charge in [-0.25, -0.2) is 0 Å². The topological polar surface area (TPSA) is 35.2 Å². The van der Waals surface area contributed by atoms with Crippen molar-refractivity contribution in [2.45, 2.75) is 78.6 Å². The number of hydrogen-bond donors (Lipinski definition) is 1. The van der Waals surface area contributed by atoms with E-state index in [-0.39, 0.29) is 5.41 Å². The van der Waals surface area contributed by atoms with Gasteiger partial charge in [0.1, 0.15) is 5.75 Å². The Hall–Kier alpha value is -1.02. The van der Waals surface area contributed by atoms with Crippen molar-refractivity contribution >= 4 is 0 Å². The smallest absolute Gasteiger partial charge is 0.123 e. The summed E-state index contributed by atoms with van der Waals surface area (Å²) in [5.41, 5.74) is 8.58. The van der Waals surface area contributed by atoms with Gasteiger partial charge in [-0.3, -0.25) is 0 Å². The molecule has 1 atom stereocenters. The van der Waals surface area contributed by atoms with Gasteiger partial charge in [-0.1, -0.05) is 60.1 Å². The zero-order chi connectivity index (χ0) is 17.5. The first kappa shape index (κ1) is 20.0. The van der Waals surface area contributed by atoms with Crippen LogP contribution in [0.3, 0.4) is 0 Å². The summed E-state index contributed by atoms with van der Waals surface area (Å²) in [5, 5.41) is 0. The standard InChI is InChI=1S/C21H37NO/c1-7-9-17(10-8-13-22)18-11-12-20(23-15-16(2)3)19(14-18)21(4,5)6/h11-12,14,16-17H,7-10,13,15,22H2,1-6H3. The molecule has 0 spiro atoms. The van der Waals surface area contributed by atoms with Crippen LogP contribution in [-0.2, 0) is 5.41 Å². The first-order valence-corrected chi connectivity index (χ1v) is 9.26. The van der Waals surface area contributed by atoms with Gasteiger partial charge in [-0.2, -0.15) is 0 Å². The summed E-state index contributed by atoms with van der Waals surface area (Å²) in [6.07, 6.45) is 4.72. The lowest BCUT2D eigenvalue weighted by molar-refractivity contribution is 0.264. The maximum Gasteiger partial charge on any atom is 0.123 e. The second-order valence-electron chi connectivity index (χ2n) is 8.13. The summed E-state index contributed by atoms with van der Waals surface area (Å²) in [6.45, 7) is 15.0. The minimum Gasteiger partial charge on any atom is -0.493 e. The minimum absolute atomic E-state index is 0.0902. The molecule has 2 nitrogen and oxygen atoms in total. The predicted molar refractivity (Wildman–Crippen MR) is 101 cm³/mol. The monoisotopic (exact) mass is 319 g/mol. The van der Waals surface area contributed by atoms with Gasteiger partial charge in [0.05, 0.1) is 6.61 Å².